The van der Waals surface area contributed by atoms with Gasteiger partial charge in [0.15, 0.2) is 5.13 Å². The van der Waals surface area contributed by atoms with Crippen LogP contribution in [0.1, 0.15) is 36.3 Å². The Morgan fingerprint density at radius 2 is 2.05 bits per heavy atom. The summed E-state index contributed by atoms with van der Waals surface area (Å²) in [6.45, 7) is 4.05. The molecule has 0 spiro atoms. The van der Waals surface area contributed by atoms with Crippen LogP contribution in [0.15, 0.2) is 30.3 Å². The van der Waals surface area contributed by atoms with Crippen molar-refractivity contribution in [1.29, 1.82) is 0 Å². The van der Waals surface area contributed by atoms with Crippen LogP contribution in [0.25, 0.3) is 0 Å². The Kier molecular flexibility index (Phi) is 4.03. The van der Waals surface area contributed by atoms with Gasteiger partial charge in [0.05, 0.1) is 5.69 Å². The average molecular weight is 287 g/mol. The van der Waals surface area contributed by atoms with Gasteiger partial charge in [-0.1, -0.05) is 29.5 Å². The molecule has 0 radical (unpaired) electrons. The van der Waals surface area contributed by atoms with Crippen molar-refractivity contribution in [1.82, 2.24) is 10.3 Å². The largest absolute Gasteiger partial charge is 0.318 e. The molecule has 3 rings (SSSR count). The molecular weight excluding hydrogens is 266 g/mol. The highest BCUT2D eigenvalue weighted by molar-refractivity contribution is 7.15. The fraction of sp³-hybridized carbons (Fsp3) is 0.438. The molecule has 4 heteroatoms. The van der Waals surface area contributed by atoms with E-state index in [0.29, 0.717) is 5.92 Å². The maximum atomic E-state index is 4.94. The van der Waals surface area contributed by atoms with Crippen molar-refractivity contribution in [3.05, 3.63) is 40.9 Å². The van der Waals surface area contributed by atoms with E-state index >= 15 is 0 Å². The van der Waals surface area contributed by atoms with Crippen LogP contribution < -0.4 is 10.2 Å². The van der Waals surface area contributed by atoms with Crippen molar-refractivity contribution in [2.45, 2.75) is 32.2 Å². The monoisotopic (exact) mass is 287 g/mol. The molecule has 3 nitrogen and oxygen atoms in total. The molecule has 1 aliphatic carbocycles. The van der Waals surface area contributed by atoms with Gasteiger partial charge < -0.3 is 10.2 Å². The second-order valence-electron chi connectivity index (χ2n) is 5.19. The molecule has 20 heavy (non-hydrogen) atoms. The third kappa shape index (κ3) is 2.72. The van der Waals surface area contributed by atoms with Crippen LogP contribution in [0, 0.1) is 0 Å². The Morgan fingerprint density at radius 3 is 2.65 bits per heavy atom. The van der Waals surface area contributed by atoms with E-state index in [0.717, 1.165) is 18.2 Å². The van der Waals surface area contributed by atoms with Crippen molar-refractivity contribution >= 4 is 22.2 Å². The first-order chi connectivity index (χ1) is 9.83. The van der Waals surface area contributed by atoms with Crippen LogP contribution in [0.2, 0.25) is 0 Å². The Balaban J connectivity index is 1.93. The Hall–Kier alpha value is -1.39. The highest BCUT2D eigenvalue weighted by Crippen LogP contribution is 2.44. The van der Waals surface area contributed by atoms with Gasteiger partial charge >= 0.3 is 0 Å². The third-order valence-electron chi connectivity index (χ3n) is 3.63. The van der Waals surface area contributed by atoms with Crippen LogP contribution in [0.5, 0.6) is 0 Å². The van der Waals surface area contributed by atoms with Gasteiger partial charge in [-0.3, -0.25) is 0 Å². The molecule has 1 aromatic heterocycles. The van der Waals surface area contributed by atoms with E-state index in [1.165, 1.54) is 29.1 Å². The number of rotatable bonds is 6. The summed E-state index contributed by atoms with van der Waals surface area (Å²) in [5.41, 5.74) is 2.55. The van der Waals surface area contributed by atoms with E-state index in [-0.39, 0.29) is 0 Å². The molecule has 0 atom stereocenters. The summed E-state index contributed by atoms with van der Waals surface area (Å²) < 4.78 is 0. The zero-order valence-electron chi connectivity index (χ0n) is 12.1. The van der Waals surface area contributed by atoms with Gasteiger partial charge in [0.25, 0.3) is 0 Å². The SMILES string of the molecule is CCN(c1ccccc1)c1nc(C2CC2)c(CNC)s1. The first-order valence-electron chi connectivity index (χ1n) is 7.30. The minimum Gasteiger partial charge on any atom is -0.318 e. The molecule has 0 unspecified atom stereocenters. The maximum absolute atomic E-state index is 4.94. The summed E-state index contributed by atoms with van der Waals surface area (Å²) in [5.74, 6) is 0.706. The van der Waals surface area contributed by atoms with Gasteiger partial charge in [0, 0.05) is 29.6 Å². The minimum atomic E-state index is 0.706. The van der Waals surface area contributed by atoms with E-state index in [9.17, 15) is 0 Å². The summed E-state index contributed by atoms with van der Waals surface area (Å²) in [4.78, 5) is 8.65. The molecule has 0 aliphatic heterocycles. The molecular formula is C16H21N3S. The lowest BCUT2D eigenvalue weighted by Crippen LogP contribution is -2.15. The zero-order chi connectivity index (χ0) is 13.9. The van der Waals surface area contributed by atoms with Gasteiger partial charge in [0.1, 0.15) is 0 Å². The van der Waals surface area contributed by atoms with Gasteiger partial charge in [-0.15, -0.1) is 0 Å². The topological polar surface area (TPSA) is 28.2 Å². The van der Waals surface area contributed by atoms with E-state index in [1.54, 1.807) is 0 Å². The highest BCUT2D eigenvalue weighted by Gasteiger charge is 2.30. The summed E-state index contributed by atoms with van der Waals surface area (Å²) >= 11 is 1.83. The normalized spacial score (nSPS) is 14.5. The lowest BCUT2D eigenvalue weighted by atomic mass is 10.2. The van der Waals surface area contributed by atoms with Crippen molar-refractivity contribution in [2.24, 2.45) is 0 Å². The van der Waals surface area contributed by atoms with Crippen LogP contribution in [-0.4, -0.2) is 18.6 Å². The highest BCUT2D eigenvalue weighted by atomic mass is 32.1. The fourth-order valence-corrected chi connectivity index (χ4v) is 3.71. The molecule has 1 heterocycles. The number of thiazole rings is 1. The van der Waals surface area contributed by atoms with Crippen molar-refractivity contribution in [2.75, 3.05) is 18.5 Å². The summed E-state index contributed by atoms with van der Waals surface area (Å²) in [6, 6.07) is 10.5. The molecule has 0 saturated heterocycles. The number of hydrogen-bond donors (Lipinski definition) is 1. The number of anilines is 2. The minimum absolute atomic E-state index is 0.706. The predicted molar refractivity (Wildman–Crippen MR) is 86.0 cm³/mol. The number of hydrogen-bond acceptors (Lipinski definition) is 4. The average Bonchev–Trinajstić information content (AvgIpc) is 3.24. The van der Waals surface area contributed by atoms with E-state index < -0.39 is 0 Å². The fourth-order valence-electron chi connectivity index (χ4n) is 2.47. The molecule has 1 fully saturated rings. The van der Waals surface area contributed by atoms with Gasteiger partial charge in [-0.2, -0.15) is 0 Å². The zero-order valence-corrected chi connectivity index (χ0v) is 12.9. The maximum Gasteiger partial charge on any atom is 0.190 e. The number of aromatic nitrogens is 1. The molecule has 0 amide bonds. The summed E-state index contributed by atoms with van der Waals surface area (Å²) in [6.07, 6.45) is 2.61. The molecule has 1 saturated carbocycles. The van der Waals surface area contributed by atoms with E-state index in [2.05, 4.69) is 47.5 Å². The molecule has 0 bridgehead atoms. The lowest BCUT2D eigenvalue weighted by Gasteiger charge is -2.19. The Bertz CT molecular complexity index is 560. The molecule has 2 aromatic rings. The van der Waals surface area contributed by atoms with Crippen molar-refractivity contribution in [3.8, 4) is 0 Å². The van der Waals surface area contributed by atoms with Gasteiger partial charge in [-0.05, 0) is 38.9 Å². The van der Waals surface area contributed by atoms with Crippen LogP contribution in [-0.2, 0) is 6.54 Å². The first kappa shape index (κ1) is 13.6. The summed E-state index contributed by atoms with van der Waals surface area (Å²) in [7, 11) is 2.00. The Labute approximate surface area is 124 Å². The third-order valence-corrected chi connectivity index (χ3v) is 4.73. The summed E-state index contributed by atoms with van der Waals surface area (Å²) in [5, 5.41) is 4.40. The first-order valence-corrected chi connectivity index (χ1v) is 8.12. The number of benzene rings is 1. The number of nitrogens with zero attached hydrogens (tertiary/aromatic N) is 2. The number of nitrogens with one attached hydrogen (secondary N) is 1. The van der Waals surface area contributed by atoms with Gasteiger partial charge in [-0.25, -0.2) is 4.98 Å². The molecule has 1 aliphatic rings. The van der Waals surface area contributed by atoms with Gasteiger partial charge in [0.2, 0.25) is 0 Å². The van der Waals surface area contributed by atoms with Crippen LogP contribution in [0.3, 0.4) is 0 Å². The molecule has 1 N–H and O–H groups in total. The second-order valence-corrected chi connectivity index (χ2v) is 6.25. The Morgan fingerprint density at radius 1 is 1.30 bits per heavy atom. The number of para-hydroxylation sites is 1. The van der Waals surface area contributed by atoms with Crippen LogP contribution in [0.4, 0.5) is 10.8 Å². The second kappa shape index (κ2) is 5.94. The van der Waals surface area contributed by atoms with Crippen molar-refractivity contribution in [3.63, 3.8) is 0 Å². The predicted octanol–water partition coefficient (Wildman–Crippen LogP) is 3.90. The van der Waals surface area contributed by atoms with E-state index in [1.807, 2.05) is 18.4 Å². The van der Waals surface area contributed by atoms with E-state index in [4.69, 9.17) is 4.98 Å². The standard InChI is InChI=1S/C16H21N3S/c1-3-19(13-7-5-4-6-8-13)16-18-15(12-9-10-12)14(20-16)11-17-2/h4-8,12,17H,3,9-11H2,1-2H3. The molecule has 1 aromatic carbocycles. The van der Waals surface area contributed by atoms with Crippen molar-refractivity contribution < 1.29 is 0 Å². The smallest absolute Gasteiger partial charge is 0.190 e. The van der Waals surface area contributed by atoms with Crippen LogP contribution >= 0.6 is 11.3 Å². The molecule has 106 valence electrons. The lowest BCUT2D eigenvalue weighted by molar-refractivity contribution is 0.812. The quantitative estimate of drug-likeness (QED) is 0.873.